The first kappa shape index (κ1) is 24.0. The van der Waals surface area contributed by atoms with E-state index in [1.54, 1.807) is 24.3 Å². The van der Waals surface area contributed by atoms with Crippen LogP contribution in [-0.4, -0.2) is 48.8 Å². The molecule has 0 aromatic heterocycles. The molecule has 2 aromatic carbocycles. The molecule has 0 radical (unpaired) electrons. The van der Waals surface area contributed by atoms with Crippen molar-refractivity contribution in [2.75, 3.05) is 24.9 Å². The molecule has 0 saturated carbocycles. The topological polar surface area (TPSA) is 114 Å². The number of hydrogen-bond donors (Lipinski definition) is 2. The summed E-state index contributed by atoms with van der Waals surface area (Å²) in [6.07, 6.45) is 4.80. The lowest BCUT2D eigenvalue weighted by atomic mass is 9.85. The van der Waals surface area contributed by atoms with E-state index in [9.17, 15) is 19.2 Å². The van der Waals surface area contributed by atoms with Crippen LogP contribution in [0, 0.1) is 11.8 Å². The summed E-state index contributed by atoms with van der Waals surface area (Å²) in [5.74, 6) is -1.78. The maximum Gasteiger partial charge on any atom is 0.255 e. The summed E-state index contributed by atoms with van der Waals surface area (Å²) in [5.41, 5.74) is 1.10. The highest BCUT2D eigenvalue weighted by atomic mass is 16.5. The molecule has 1 aliphatic heterocycles. The molecular formula is C26H27N3O6. The number of amides is 4. The SMILES string of the molecule is COc1cc(NC(=O)[C@@H](C)N2C(=O)[C@H]3CC=CC[C@H]3C2=O)c(OC)cc1NC(=O)c1ccccc1. The fourth-order valence-corrected chi connectivity index (χ4v) is 4.44. The van der Waals surface area contributed by atoms with Gasteiger partial charge >= 0.3 is 0 Å². The largest absolute Gasteiger partial charge is 0.494 e. The number of ether oxygens (including phenoxy) is 2. The van der Waals surface area contributed by atoms with Crippen molar-refractivity contribution in [2.24, 2.45) is 11.8 Å². The van der Waals surface area contributed by atoms with Gasteiger partial charge in [0.2, 0.25) is 17.7 Å². The van der Waals surface area contributed by atoms with Gasteiger partial charge in [-0.05, 0) is 31.9 Å². The second-order valence-corrected chi connectivity index (χ2v) is 8.44. The molecule has 2 aromatic rings. The Morgan fingerprint density at radius 3 is 1.91 bits per heavy atom. The van der Waals surface area contributed by atoms with Crippen molar-refractivity contribution in [1.82, 2.24) is 4.90 Å². The number of allylic oxidation sites excluding steroid dienone is 2. The van der Waals surface area contributed by atoms with Crippen molar-refractivity contribution in [3.63, 3.8) is 0 Å². The number of methoxy groups -OCH3 is 2. The van der Waals surface area contributed by atoms with E-state index in [0.29, 0.717) is 29.8 Å². The highest BCUT2D eigenvalue weighted by molar-refractivity contribution is 6.10. The van der Waals surface area contributed by atoms with Gasteiger partial charge in [-0.15, -0.1) is 0 Å². The second kappa shape index (κ2) is 10.0. The van der Waals surface area contributed by atoms with Crippen LogP contribution in [-0.2, 0) is 14.4 Å². The zero-order valence-corrected chi connectivity index (χ0v) is 19.7. The fraction of sp³-hybridized carbons (Fsp3) is 0.308. The third kappa shape index (κ3) is 4.62. The lowest BCUT2D eigenvalue weighted by molar-refractivity contribution is -0.146. The number of anilines is 2. The number of nitrogens with one attached hydrogen (secondary N) is 2. The Kier molecular flexibility index (Phi) is 6.86. The van der Waals surface area contributed by atoms with Crippen LogP contribution in [0.3, 0.4) is 0 Å². The van der Waals surface area contributed by atoms with Crippen LogP contribution < -0.4 is 20.1 Å². The van der Waals surface area contributed by atoms with Crippen LogP contribution in [0.1, 0.15) is 30.1 Å². The summed E-state index contributed by atoms with van der Waals surface area (Å²) >= 11 is 0. The maximum atomic E-state index is 13.1. The molecule has 1 saturated heterocycles. The van der Waals surface area contributed by atoms with E-state index < -0.39 is 23.8 Å². The number of likely N-dealkylation sites (tertiary alicyclic amines) is 1. The molecule has 9 heteroatoms. The van der Waals surface area contributed by atoms with Crippen LogP contribution in [0.15, 0.2) is 54.6 Å². The van der Waals surface area contributed by atoms with Gasteiger partial charge in [0.05, 0.1) is 37.4 Å². The Bertz CT molecular complexity index is 1170. The van der Waals surface area contributed by atoms with E-state index in [1.807, 2.05) is 18.2 Å². The van der Waals surface area contributed by atoms with E-state index in [1.165, 1.54) is 33.3 Å². The number of carbonyl (C=O) groups is 4. The number of fused-ring (bicyclic) bond motifs is 1. The van der Waals surface area contributed by atoms with E-state index in [0.717, 1.165) is 4.90 Å². The molecule has 1 fully saturated rings. The first-order valence-corrected chi connectivity index (χ1v) is 11.3. The first-order chi connectivity index (χ1) is 16.8. The molecule has 0 spiro atoms. The Morgan fingerprint density at radius 1 is 0.886 bits per heavy atom. The van der Waals surface area contributed by atoms with E-state index in [4.69, 9.17) is 9.47 Å². The molecule has 1 aliphatic carbocycles. The average molecular weight is 478 g/mol. The van der Waals surface area contributed by atoms with Gasteiger partial charge in [0.25, 0.3) is 5.91 Å². The molecule has 9 nitrogen and oxygen atoms in total. The van der Waals surface area contributed by atoms with E-state index >= 15 is 0 Å². The van der Waals surface area contributed by atoms with Crippen molar-refractivity contribution in [1.29, 1.82) is 0 Å². The average Bonchev–Trinajstić information content (AvgIpc) is 3.14. The van der Waals surface area contributed by atoms with Crippen LogP contribution in [0.4, 0.5) is 11.4 Å². The van der Waals surface area contributed by atoms with Gasteiger partial charge in [-0.25, -0.2) is 0 Å². The molecule has 2 N–H and O–H groups in total. The molecular weight excluding hydrogens is 450 g/mol. The predicted octanol–water partition coefficient (Wildman–Crippen LogP) is 3.23. The lowest BCUT2D eigenvalue weighted by Crippen LogP contribution is -2.46. The molecule has 0 bridgehead atoms. The Morgan fingerprint density at radius 2 is 1.40 bits per heavy atom. The minimum atomic E-state index is -1.01. The zero-order chi connectivity index (χ0) is 25.1. The van der Waals surface area contributed by atoms with Crippen LogP contribution in [0.2, 0.25) is 0 Å². The van der Waals surface area contributed by atoms with Gasteiger partial charge in [-0.3, -0.25) is 24.1 Å². The first-order valence-electron chi connectivity index (χ1n) is 11.3. The van der Waals surface area contributed by atoms with Crippen LogP contribution in [0.5, 0.6) is 11.5 Å². The number of carbonyl (C=O) groups excluding carboxylic acids is 4. The van der Waals surface area contributed by atoms with Gasteiger partial charge in [0.15, 0.2) is 0 Å². The van der Waals surface area contributed by atoms with Crippen molar-refractivity contribution < 1.29 is 28.7 Å². The summed E-state index contributed by atoms with van der Waals surface area (Å²) in [4.78, 5) is 52.4. The Balaban J connectivity index is 1.53. The van der Waals surface area contributed by atoms with Gasteiger partial charge in [-0.1, -0.05) is 30.4 Å². The quantitative estimate of drug-likeness (QED) is 0.468. The summed E-state index contributed by atoms with van der Waals surface area (Å²) < 4.78 is 10.8. The molecule has 2 aliphatic rings. The minimum absolute atomic E-state index is 0.270. The zero-order valence-electron chi connectivity index (χ0n) is 19.7. The fourth-order valence-electron chi connectivity index (χ4n) is 4.44. The highest BCUT2D eigenvalue weighted by Crippen LogP contribution is 2.38. The molecule has 3 atom stereocenters. The minimum Gasteiger partial charge on any atom is -0.494 e. The summed E-state index contributed by atoms with van der Waals surface area (Å²) in [6, 6.07) is 10.7. The number of nitrogens with zero attached hydrogens (tertiary/aromatic N) is 1. The smallest absolute Gasteiger partial charge is 0.255 e. The number of rotatable bonds is 7. The number of hydrogen-bond acceptors (Lipinski definition) is 6. The molecule has 35 heavy (non-hydrogen) atoms. The maximum absolute atomic E-state index is 13.1. The molecule has 4 amide bonds. The molecule has 1 heterocycles. The predicted molar refractivity (Wildman–Crippen MR) is 129 cm³/mol. The van der Waals surface area contributed by atoms with Gasteiger partial charge < -0.3 is 20.1 Å². The van der Waals surface area contributed by atoms with Crippen molar-refractivity contribution in [2.45, 2.75) is 25.8 Å². The normalized spacial score (nSPS) is 19.7. The number of benzene rings is 2. The van der Waals surface area contributed by atoms with Crippen molar-refractivity contribution in [3.05, 3.63) is 60.2 Å². The molecule has 4 rings (SSSR count). The van der Waals surface area contributed by atoms with Crippen LogP contribution >= 0.6 is 0 Å². The summed E-state index contributed by atoms with van der Waals surface area (Å²) in [7, 11) is 2.86. The van der Waals surface area contributed by atoms with Crippen molar-refractivity contribution in [3.8, 4) is 11.5 Å². The molecule has 182 valence electrons. The molecule has 0 unspecified atom stereocenters. The second-order valence-electron chi connectivity index (χ2n) is 8.44. The third-order valence-electron chi connectivity index (χ3n) is 6.37. The standard InChI is InChI=1S/C26H27N3O6/c1-15(29-25(32)17-11-7-8-12-18(17)26(29)33)23(30)27-19-13-22(35-3)20(14-21(19)34-2)28-24(31)16-9-5-4-6-10-16/h4-10,13-15,17-18H,11-12H2,1-3H3,(H,27,30)(H,28,31)/t15-,17-,18+/m1/s1. The number of imide groups is 1. The summed E-state index contributed by atoms with van der Waals surface area (Å²) in [6.45, 7) is 1.52. The van der Waals surface area contributed by atoms with Gasteiger partial charge in [0, 0.05) is 17.7 Å². The monoisotopic (exact) mass is 477 g/mol. The van der Waals surface area contributed by atoms with E-state index in [-0.39, 0.29) is 29.2 Å². The highest BCUT2D eigenvalue weighted by Gasteiger charge is 2.50. The van der Waals surface area contributed by atoms with E-state index in [2.05, 4.69) is 10.6 Å². The third-order valence-corrected chi connectivity index (χ3v) is 6.37. The van der Waals surface area contributed by atoms with Crippen LogP contribution in [0.25, 0.3) is 0 Å². The van der Waals surface area contributed by atoms with Gasteiger partial charge in [0.1, 0.15) is 17.5 Å². The summed E-state index contributed by atoms with van der Waals surface area (Å²) in [5, 5.41) is 5.51. The Labute approximate surface area is 203 Å². The van der Waals surface area contributed by atoms with Gasteiger partial charge in [-0.2, -0.15) is 0 Å². The Hall–Kier alpha value is -4.14. The lowest BCUT2D eigenvalue weighted by Gasteiger charge is -2.23. The van der Waals surface area contributed by atoms with Crippen molar-refractivity contribution >= 4 is 35.0 Å².